The molecule has 1 saturated heterocycles. The SMILES string of the molecule is CCCCCCCCNC1CCN(C)CC1. The lowest BCUT2D eigenvalue weighted by molar-refractivity contribution is 0.234. The average Bonchev–Trinajstić information content (AvgIpc) is 2.30. The van der Waals surface area contributed by atoms with E-state index in [-0.39, 0.29) is 0 Å². The van der Waals surface area contributed by atoms with Gasteiger partial charge in [0.1, 0.15) is 0 Å². The van der Waals surface area contributed by atoms with E-state index in [2.05, 4.69) is 24.2 Å². The highest BCUT2D eigenvalue weighted by Crippen LogP contribution is 2.09. The number of rotatable bonds is 8. The van der Waals surface area contributed by atoms with Crippen molar-refractivity contribution in [2.24, 2.45) is 0 Å². The third-order valence-corrected chi connectivity index (χ3v) is 3.68. The zero-order chi connectivity index (χ0) is 11.6. The maximum Gasteiger partial charge on any atom is 0.00914 e. The minimum Gasteiger partial charge on any atom is -0.314 e. The Morgan fingerprint density at radius 2 is 1.62 bits per heavy atom. The number of hydrogen-bond donors (Lipinski definition) is 1. The Morgan fingerprint density at radius 3 is 2.31 bits per heavy atom. The van der Waals surface area contributed by atoms with Crippen LogP contribution in [-0.2, 0) is 0 Å². The lowest BCUT2D eigenvalue weighted by atomic mass is 10.1. The Bertz CT molecular complexity index is 151. The molecule has 2 heteroatoms. The quantitative estimate of drug-likeness (QED) is 0.640. The molecule has 1 aliphatic rings. The van der Waals surface area contributed by atoms with Crippen LogP contribution in [0, 0.1) is 0 Å². The first-order chi connectivity index (χ1) is 7.83. The smallest absolute Gasteiger partial charge is 0.00914 e. The van der Waals surface area contributed by atoms with E-state index in [0.717, 1.165) is 6.04 Å². The van der Waals surface area contributed by atoms with E-state index in [4.69, 9.17) is 0 Å². The van der Waals surface area contributed by atoms with Crippen LogP contribution in [0.2, 0.25) is 0 Å². The third-order valence-electron chi connectivity index (χ3n) is 3.68. The number of nitrogens with one attached hydrogen (secondary N) is 1. The van der Waals surface area contributed by atoms with Crippen molar-refractivity contribution in [1.82, 2.24) is 10.2 Å². The van der Waals surface area contributed by atoms with E-state index >= 15 is 0 Å². The van der Waals surface area contributed by atoms with Gasteiger partial charge in [0.2, 0.25) is 0 Å². The summed E-state index contributed by atoms with van der Waals surface area (Å²) >= 11 is 0. The topological polar surface area (TPSA) is 15.3 Å². The third kappa shape index (κ3) is 6.49. The lowest BCUT2D eigenvalue weighted by Gasteiger charge is -2.29. The molecule has 2 nitrogen and oxygen atoms in total. The van der Waals surface area contributed by atoms with Crippen molar-refractivity contribution in [2.45, 2.75) is 64.3 Å². The number of piperidine rings is 1. The first-order valence-electron chi connectivity index (χ1n) is 7.25. The molecule has 0 unspecified atom stereocenters. The Labute approximate surface area is 102 Å². The van der Waals surface area contributed by atoms with Gasteiger partial charge in [-0.1, -0.05) is 39.0 Å². The van der Waals surface area contributed by atoms with Crippen molar-refractivity contribution in [1.29, 1.82) is 0 Å². The van der Waals surface area contributed by atoms with Crippen LogP contribution >= 0.6 is 0 Å². The Hall–Kier alpha value is -0.0800. The molecule has 1 heterocycles. The fraction of sp³-hybridized carbons (Fsp3) is 1.00. The zero-order valence-corrected chi connectivity index (χ0v) is 11.3. The maximum atomic E-state index is 3.71. The normalized spacial score (nSPS) is 19.1. The molecule has 1 N–H and O–H groups in total. The van der Waals surface area contributed by atoms with Crippen LogP contribution in [0.15, 0.2) is 0 Å². The summed E-state index contributed by atoms with van der Waals surface area (Å²) in [5, 5.41) is 3.71. The van der Waals surface area contributed by atoms with Crippen molar-refractivity contribution >= 4 is 0 Å². The first-order valence-corrected chi connectivity index (χ1v) is 7.25. The number of nitrogens with zero attached hydrogens (tertiary/aromatic N) is 1. The molecular weight excluding hydrogens is 196 g/mol. The van der Waals surface area contributed by atoms with Crippen LogP contribution in [-0.4, -0.2) is 37.6 Å². The van der Waals surface area contributed by atoms with Gasteiger partial charge in [0.05, 0.1) is 0 Å². The van der Waals surface area contributed by atoms with Gasteiger partial charge in [0.25, 0.3) is 0 Å². The molecule has 1 rings (SSSR count). The predicted octanol–water partition coefficient (Wildman–Crippen LogP) is 3.03. The molecule has 0 aliphatic carbocycles. The summed E-state index contributed by atoms with van der Waals surface area (Å²) in [6.07, 6.45) is 11.1. The summed E-state index contributed by atoms with van der Waals surface area (Å²) in [6, 6.07) is 0.798. The fourth-order valence-corrected chi connectivity index (χ4v) is 2.42. The van der Waals surface area contributed by atoms with Crippen molar-refractivity contribution in [3.05, 3.63) is 0 Å². The van der Waals surface area contributed by atoms with Crippen LogP contribution < -0.4 is 5.32 Å². The molecule has 0 aromatic carbocycles. The Morgan fingerprint density at radius 1 is 1.00 bits per heavy atom. The molecule has 96 valence electrons. The maximum absolute atomic E-state index is 3.71. The minimum atomic E-state index is 0.798. The molecule has 0 amide bonds. The second-order valence-electron chi connectivity index (χ2n) is 5.30. The number of unbranched alkanes of at least 4 members (excludes halogenated alkanes) is 5. The van der Waals surface area contributed by atoms with Gasteiger partial charge >= 0.3 is 0 Å². The van der Waals surface area contributed by atoms with E-state index < -0.39 is 0 Å². The largest absolute Gasteiger partial charge is 0.314 e. The standard InChI is InChI=1S/C14H30N2/c1-3-4-5-6-7-8-11-15-14-9-12-16(2)13-10-14/h14-15H,3-13H2,1-2H3. The molecule has 0 atom stereocenters. The average molecular weight is 226 g/mol. The van der Waals surface area contributed by atoms with Gasteiger partial charge in [-0.2, -0.15) is 0 Å². The van der Waals surface area contributed by atoms with E-state index in [0.29, 0.717) is 0 Å². The molecular formula is C14H30N2. The van der Waals surface area contributed by atoms with Gasteiger partial charge < -0.3 is 10.2 Å². The van der Waals surface area contributed by atoms with Crippen LogP contribution in [0.5, 0.6) is 0 Å². The van der Waals surface area contributed by atoms with Crippen LogP contribution in [0.25, 0.3) is 0 Å². The summed E-state index contributed by atoms with van der Waals surface area (Å²) in [6.45, 7) is 6.06. The highest BCUT2D eigenvalue weighted by molar-refractivity contribution is 4.75. The van der Waals surface area contributed by atoms with Crippen molar-refractivity contribution in [3.63, 3.8) is 0 Å². The molecule has 0 spiro atoms. The fourth-order valence-electron chi connectivity index (χ4n) is 2.42. The molecule has 0 saturated carbocycles. The monoisotopic (exact) mass is 226 g/mol. The molecule has 0 aromatic heterocycles. The zero-order valence-electron chi connectivity index (χ0n) is 11.3. The van der Waals surface area contributed by atoms with E-state index in [1.807, 2.05) is 0 Å². The minimum absolute atomic E-state index is 0.798. The van der Waals surface area contributed by atoms with Gasteiger partial charge in [-0.15, -0.1) is 0 Å². The van der Waals surface area contributed by atoms with Crippen molar-refractivity contribution in [3.8, 4) is 0 Å². The summed E-state index contributed by atoms with van der Waals surface area (Å²) < 4.78 is 0. The summed E-state index contributed by atoms with van der Waals surface area (Å²) in [4.78, 5) is 2.43. The van der Waals surface area contributed by atoms with Gasteiger partial charge in [0, 0.05) is 6.04 Å². The summed E-state index contributed by atoms with van der Waals surface area (Å²) in [7, 11) is 2.23. The predicted molar refractivity (Wildman–Crippen MR) is 71.9 cm³/mol. The molecule has 0 radical (unpaired) electrons. The van der Waals surface area contributed by atoms with Gasteiger partial charge in [-0.05, 0) is 45.9 Å². The number of likely N-dealkylation sites (tertiary alicyclic amines) is 1. The van der Waals surface area contributed by atoms with E-state index in [9.17, 15) is 0 Å². The second-order valence-corrected chi connectivity index (χ2v) is 5.30. The van der Waals surface area contributed by atoms with E-state index in [1.165, 1.54) is 71.0 Å². The molecule has 0 aromatic rings. The first kappa shape index (κ1) is 14.0. The van der Waals surface area contributed by atoms with Gasteiger partial charge in [0.15, 0.2) is 0 Å². The van der Waals surface area contributed by atoms with Gasteiger partial charge in [-0.25, -0.2) is 0 Å². The highest BCUT2D eigenvalue weighted by Gasteiger charge is 2.14. The lowest BCUT2D eigenvalue weighted by Crippen LogP contribution is -2.41. The number of hydrogen-bond acceptors (Lipinski definition) is 2. The van der Waals surface area contributed by atoms with Crippen molar-refractivity contribution < 1.29 is 0 Å². The van der Waals surface area contributed by atoms with Crippen LogP contribution in [0.4, 0.5) is 0 Å². The highest BCUT2D eigenvalue weighted by atomic mass is 15.1. The Balaban J connectivity index is 1.84. The van der Waals surface area contributed by atoms with Crippen LogP contribution in [0.1, 0.15) is 58.3 Å². The molecule has 1 aliphatic heterocycles. The van der Waals surface area contributed by atoms with E-state index in [1.54, 1.807) is 0 Å². The molecule has 16 heavy (non-hydrogen) atoms. The molecule has 0 bridgehead atoms. The van der Waals surface area contributed by atoms with Crippen molar-refractivity contribution in [2.75, 3.05) is 26.7 Å². The Kier molecular flexibility index (Phi) is 7.87. The molecule has 1 fully saturated rings. The second kappa shape index (κ2) is 9.00. The van der Waals surface area contributed by atoms with Crippen LogP contribution in [0.3, 0.4) is 0 Å². The summed E-state index contributed by atoms with van der Waals surface area (Å²) in [5.74, 6) is 0. The van der Waals surface area contributed by atoms with Gasteiger partial charge in [-0.3, -0.25) is 0 Å². The summed E-state index contributed by atoms with van der Waals surface area (Å²) in [5.41, 5.74) is 0.